The minimum Gasteiger partial charge on any atom is -0.308 e. The van der Waals surface area contributed by atoms with Crippen LogP contribution in [0.1, 0.15) is 5.56 Å². The number of alkyl halides is 3. The van der Waals surface area contributed by atoms with E-state index in [1.165, 1.54) is 30.5 Å². The number of carbonyl (C=O) groups excluding carboxylic acids is 1. The highest BCUT2D eigenvalue weighted by atomic mass is 19.4. The molecule has 0 radical (unpaired) electrons. The molecule has 2 amide bonds. The monoisotopic (exact) mass is 501 g/mol. The van der Waals surface area contributed by atoms with Gasteiger partial charge in [-0.15, -0.1) is 0 Å². The molecule has 0 aliphatic carbocycles. The summed E-state index contributed by atoms with van der Waals surface area (Å²) in [5.41, 5.74) is 1.93. The zero-order valence-electron chi connectivity index (χ0n) is 19.2. The van der Waals surface area contributed by atoms with Crippen LogP contribution in [-0.4, -0.2) is 11.0 Å². The normalized spacial score (nSPS) is 11.4. The number of nitrogens with one attached hydrogen (secondary N) is 2. The van der Waals surface area contributed by atoms with Crippen molar-refractivity contribution in [1.82, 2.24) is 4.98 Å². The largest absolute Gasteiger partial charge is 0.418 e. The fourth-order valence-corrected chi connectivity index (χ4v) is 4.20. The summed E-state index contributed by atoms with van der Waals surface area (Å²) >= 11 is 0. The molecule has 37 heavy (non-hydrogen) atoms. The third kappa shape index (κ3) is 4.99. The number of amides is 2. The maximum Gasteiger partial charge on any atom is 0.418 e. The molecule has 4 aromatic carbocycles. The lowest BCUT2D eigenvalue weighted by molar-refractivity contribution is -0.136. The van der Waals surface area contributed by atoms with Crippen LogP contribution in [0.3, 0.4) is 0 Å². The molecule has 0 bridgehead atoms. The van der Waals surface area contributed by atoms with Crippen LogP contribution in [-0.2, 0) is 6.18 Å². The zero-order chi connectivity index (χ0) is 26.0. The third-order valence-corrected chi connectivity index (χ3v) is 5.82. The predicted octanol–water partition coefficient (Wildman–Crippen LogP) is 8.37. The third-order valence-electron chi connectivity index (χ3n) is 5.82. The number of aromatic nitrogens is 1. The minimum atomic E-state index is -4.58. The summed E-state index contributed by atoms with van der Waals surface area (Å²) in [4.78, 5) is 16.7. The van der Waals surface area contributed by atoms with Crippen molar-refractivity contribution in [2.75, 3.05) is 10.6 Å². The van der Waals surface area contributed by atoms with Gasteiger partial charge in [-0.2, -0.15) is 13.2 Å². The van der Waals surface area contributed by atoms with Gasteiger partial charge in [-0.3, -0.25) is 4.98 Å². The quantitative estimate of drug-likeness (QED) is 0.243. The first kappa shape index (κ1) is 24.0. The molecule has 4 nitrogen and oxygen atoms in total. The molecule has 0 spiro atoms. The number of urea groups is 1. The number of rotatable bonds is 4. The Morgan fingerprint density at radius 3 is 2.22 bits per heavy atom. The van der Waals surface area contributed by atoms with E-state index < -0.39 is 23.6 Å². The van der Waals surface area contributed by atoms with E-state index in [4.69, 9.17) is 0 Å². The Kier molecular flexibility index (Phi) is 6.31. The second-order valence-electron chi connectivity index (χ2n) is 8.25. The maximum absolute atomic E-state index is 13.9. The first-order chi connectivity index (χ1) is 17.8. The summed E-state index contributed by atoms with van der Waals surface area (Å²) in [5.74, 6) is -0.581. The van der Waals surface area contributed by atoms with E-state index in [9.17, 15) is 22.4 Å². The molecule has 0 fully saturated rings. The van der Waals surface area contributed by atoms with Gasteiger partial charge in [-0.1, -0.05) is 66.7 Å². The summed E-state index contributed by atoms with van der Waals surface area (Å²) in [7, 11) is 0. The first-order valence-electron chi connectivity index (χ1n) is 11.3. The molecular weight excluding hydrogens is 482 g/mol. The van der Waals surface area contributed by atoms with Gasteiger partial charge >= 0.3 is 12.2 Å². The molecule has 1 heterocycles. The van der Waals surface area contributed by atoms with Crippen LogP contribution >= 0.6 is 0 Å². The molecule has 1 aromatic heterocycles. The topological polar surface area (TPSA) is 54.0 Å². The van der Waals surface area contributed by atoms with Crippen molar-refractivity contribution in [3.8, 4) is 22.3 Å². The zero-order valence-corrected chi connectivity index (χ0v) is 19.2. The summed E-state index contributed by atoms with van der Waals surface area (Å²) in [5, 5.41) is 5.43. The number of nitrogens with zero attached hydrogens (tertiary/aromatic N) is 1. The number of carbonyl (C=O) groups is 1. The van der Waals surface area contributed by atoms with E-state index in [-0.39, 0.29) is 11.2 Å². The Balaban J connectivity index is 1.61. The van der Waals surface area contributed by atoms with Gasteiger partial charge < -0.3 is 10.6 Å². The SMILES string of the molecule is O=C(Nc1cccc(-c2c(-c3ccccc3)cnc3c(C(F)(F)F)cccc23)c1)Nc1ccccc1F. The number of anilines is 2. The van der Waals surface area contributed by atoms with Crippen LogP contribution in [0.2, 0.25) is 0 Å². The van der Waals surface area contributed by atoms with Crippen molar-refractivity contribution < 1.29 is 22.4 Å². The van der Waals surface area contributed by atoms with Gasteiger partial charge in [-0.25, -0.2) is 9.18 Å². The number of pyridine rings is 1. The van der Waals surface area contributed by atoms with E-state index in [2.05, 4.69) is 15.6 Å². The summed E-state index contributed by atoms with van der Waals surface area (Å²) < 4.78 is 55.2. The number of fused-ring (bicyclic) bond motifs is 1. The molecule has 0 saturated carbocycles. The van der Waals surface area contributed by atoms with Crippen LogP contribution in [0.15, 0.2) is 103 Å². The van der Waals surface area contributed by atoms with Gasteiger partial charge in [0.1, 0.15) is 5.82 Å². The molecular formula is C29H19F4N3O. The molecule has 5 rings (SSSR count). The van der Waals surface area contributed by atoms with E-state index in [1.54, 1.807) is 36.4 Å². The van der Waals surface area contributed by atoms with Gasteiger partial charge in [0.25, 0.3) is 0 Å². The number of hydrogen-bond acceptors (Lipinski definition) is 2. The highest BCUT2D eigenvalue weighted by Gasteiger charge is 2.33. The van der Waals surface area contributed by atoms with E-state index in [0.717, 1.165) is 11.6 Å². The van der Waals surface area contributed by atoms with Crippen molar-refractivity contribution in [1.29, 1.82) is 0 Å². The lowest BCUT2D eigenvalue weighted by atomic mass is 9.91. The second kappa shape index (κ2) is 9.73. The van der Waals surface area contributed by atoms with Gasteiger partial charge in [0.05, 0.1) is 16.8 Å². The minimum absolute atomic E-state index is 0.0160. The van der Waals surface area contributed by atoms with Crippen molar-refractivity contribution in [2.24, 2.45) is 0 Å². The molecule has 0 saturated heterocycles. The van der Waals surface area contributed by atoms with Crippen LogP contribution < -0.4 is 10.6 Å². The Hall–Kier alpha value is -4.72. The van der Waals surface area contributed by atoms with Crippen LogP contribution in [0.25, 0.3) is 33.2 Å². The van der Waals surface area contributed by atoms with Crippen LogP contribution in [0, 0.1) is 5.82 Å². The van der Waals surface area contributed by atoms with Crippen molar-refractivity contribution in [2.45, 2.75) is 6.18 Å². The van der Waals surface area contributed by atoms with Crippen molar-refractivity contribution in [3.05, 3.63) is 115 Å². The second-order valence-corrected chi connectivity index (χ2v) is 8.25. The smallest absolute Gasteiger partial charge is 0.308 e. The van der Waals surface area contributed by atoms with Crippen LogP contribution in [0.4, 0.5) is 33.7 Å². The molecule has 8 heteroatoms. The van der Waals surface area contributed by atoms with Gasteiger partial charge in [0.2, 0.25) is 0 Å². The lowest BCUT2D eigenvalue weighted by Crippen LogP contribution is -2.20. The highest BCUT2D eigenvalue weighted by Crippen LogP contribution is 2.41. The Bertz CT molecular complexity index is 1600. The number of halogens is 4. The Morgan fingerprint density at radius 2 is 1.46 bits per heavy atom. The van der Waals surface area contributed by atoms with Crippen molar-refractivity contribution >= 4 is 28.3 Å². The summed E-state index contributed by atoms with van der Waals surface area (Å²) in [6, 6.07) is 25.0. The average molecular weight is 501 g/mol. The van der Waals surface area contributed by atoms with Gasteiger partial charge in [-0.05, 0) is 41.5 Å². The summed E-state index contributed by atoms with van der Waals surface area (Å²) in [6.45, 7) is 0. The maximum atomic E-state index is 13.9. The van der Waals surface area contributed by atoms with E-state index in [0.29, 0.717) is 27.8 Å². The standard InChI is InChI=1S/C29H19F4N3O/c30-24-14-4-5-15-25(24)36-28(37)35-20-11-6-10-19(16-20)26-21-12-7-13-23(29(31,32)33)27(21)34-17-22(26)18-8-2-1-3-9-18/h1-17H,(H2,35,36,37). The Morgan fingerprint density at radius 1 is 0.757 bits per heavy atom. The molecule has 5 aromatic rings. The number of hydrogen-bond donors (Lipinski definition) is 2. The van der Waals surface area contributed by atoms with Gasteiger partial charge in [0.15, 0.2) is 0 Å². The summed E-state index contributed by atoms with van der Waals surface area (Å²) in [6.07, 6.45) is -3.14. The predicted molar refractivity (Wildman–Crippen MR) is 137 cm³/mol. The lowest BCUT2D eigenvalue weighted by Gasteiger charge is -2.17. The van der Waals surface area contributed by atoms with Crippen LogP contribution in [0.5, 0.6) is 0 Å². The molecule has 0 unspecified atom stereocenters. The van der Waals surface area contributed by atoms with Crippen molar-refractivity contribution in [3.63, 3.8) is 0 Å². The molecule has 0 atom stereocenters. The highest BCUT2D eigenvalue weighted by molar-refractivity contribution is 6.05. The average Bonchev–Trinajstić information content (AvgIpc) is 2.89. The molecule has 184 valence electrons. The molecule has 0 aliphatic heterocycles. The molecule has 0 aliphatic rings. The van der Waals surface area contributed by atoms with E-state index in [1.807, 2.05) is 30.3 Å². The number of benzene rings is 4. The van der Waals surface area contributed by atoms with Gasteiger partial charge in [0, 0.05) is 28.4 Å². The Labute approximate surface area is 209 Å². The van der Waals surface area contributed by atoms with E-state index >= 15 is 0 Å². The molecule has 2 N–H and O–H groups in total. The number of para-hydroxylation sites is 2. The fraction of sp³-hybridized carbons (Fsp3) is 0.0345. The fourth-order valence-electron chi connectivity index (χ4n) is 4.20. The first-order valence-corrected chi connectivity index (χ1v) is 11.3.